The number of nitrogens with one attached hydrogen (secondary N) is 1. The van der Waals surface area contributed by atoms with Crippen LogP contribution in [0.25, 0.3) is 0 Å². The Hall–Kier alpha value is 0.1000. The van der Waals surface area contributed by atoms with Crippen molar-refractivity contribution in [2.75, 3.05) is 26.2 Å². The number of rotatable bonds is 5. The van der Waals surface area contributed by atoms with E-state index in [1.54, 1.807) is 0 Å². The van der Waals surface area contributed by atoms with Crippen molar-refractivity contribution in [1.29, 1.82) is 0 Å². The minimum atomic E-state index is 0.992. The van der Waals surface area contributed by atoms with Crippen molar-refractivity contribution in [1.82, 2.24) is 10.2 Å². The number of likely N-dealkylation sites (tertiary alicyclic amines) is 1. The third kappa shape index (κ3) is 4.70. The Kier molecular flexibility index (Phi) is 5.98. The van der Waals surface area contributed by atoms with Crippen LogP contribution in [0.2, 0.25) is 0 Å². The summed E-state index contributed by atoms with van der Waals surface area (Å²) in [5.74, 6) is 0. The Morgan fingerprint density at radius 3 is 2.65 bits per heavy atom. The number of hydrogen-bond acceptors (Lipinski definition) is 3. The van der Waals surface area contributed by atoms with Crippen molar-refractivity contribution in [3.8, 4) is 0 Å². The van der Waals surface area contributed by atoms with Gasteiger partial charge in [0.05, 0.1) is 0 Å². The average Bonchev–Trinajstić information content (AvgIpc) is 2.60. The molecule has 0 amide bonds. The van der Waals surface area contributed by atoms with E-state index in [1.165, 1.54) is 54.7 Å². The summed E-state index contributed by atoms with van der Waals surface area (Å²) in [7, 11) is 0. The fourth-order valence-electron chi connectivity index (χ4n) is 2.25. The quantitative estimate of drug-likeness (QED) is 0.837. The SMILES string of the molecule is Brc1ccsc1CNCCN1CCCCCC1. The van der Waals surface area contributed by atoms with Gasteiger partial charge in [-0.25, -0.2) is 0 Å². The molecule has 0 aliphatic carbocycles. The first-order valence-electron chi connectivity index (χ1n) is 6.51. The maximum absolute atomic E-state index is 3.57. The molecular weight excluding hydrogens is 296 g/mol. The van der Waals surface area contributed by atoms with Gasteiger partial charge in [0.15, 0.2) is 0 Å². The molecule has 0 atom stereocenters. The van der Waals surface area contributed by atoms with Crippen LogP contribution in [-0.2, 0) is 6.54 Å². The molecule has 1 aliphatic rings. The molecule has 0 spiro atoms. The maximum atomic E-state index is 3.57. The van der Waals surface area contributed by atoms with Gasteiger partial charge in [-0.3, -0.25) is 0 Å². The molecule has 1 saturated heterocycles. The minimum absolute atomic E-state index is 0.992. The molecule has 2 heterocycles. The Morgan fingerprint density at radius 1 is 1.24 bits per heavy atom. The molecule has 1 aliphatic heterocycles. The van der Waals surface area contributed by atoms with Crippen molar-refractivity contribution in [3.05, 3.63) is 20.8 Å². The fourth-order valence-corrected chi connectivity index (χ4v) is 3.71. The van der Waals surface area contributed by atoms with Gasteiger partial charge in [-0.1, -0.05) is 12.8 Å². The highest BCUT2D eigenvalue weighted by molar-refractivity contribution is 9.10. The molecule has 0 saturated carbocycles. The molecule has 17 heavy (non-hydrogen) atoms. The summed E-state index contributed by atoms with van der Waals surface area (Å²) < 4.78 is 1.24. The van der Waals surface area contributed by atoms with E-state index < -0.39 is 0 Å². The zero-order valence-electron chi connectivity index (χ0n) is 10.3. The molecule has 0 unspecified atom stereocenters. The largest absolute Gasteiger partial charge is 0.311 e. The Balaban J connectivity index is 1.61. The number of nitrogens with zero attached hydrogens (tertiary/aromatic N) is 1. The molecule has 1 aromatic rings. The van der Waals surface area contributed by atoms with Crippen LogP contribution in [0.15, 0.2) is 15.9 Å². The second-order valence-corrected chi connectivity index (χ2v) is 6.48. The molecule has 1 fully saturated rings. The van der Waals surface area contributed by atoms with E-state index in [2.05, 4.69) is 37.6 Å². The molecule has 0 bridgehead atoms. The fraction of sp³-hybridized carbons (Fsp3) is 0.692. The smallest absolute Gasteiger partial charge is 0.0327 e. The van der Waals surface area contributed by atoms with Gasteiger partial charge in [0.25, 0.3) is 0 Å². The summed E-state index contributed by atoms with van der Waals surface area (Å²) in [5.41, 5.74) is 0. The molecule has 4 heteroatoms. The minimum Gasteiger partial charge on any atom is -0.311 e. The average molecular weight is 317 g/mol. The van der Waals surface area contributed by atoms with Gasteiger partial charge in [0.2, 0.25) is 0 Å². The second-order valence-electron chi connectivity index (χ2n) is 4.62. The summed E-state index contributed by atoms with van der Waals surface area (Å²) in [4.78, 5) is 4.00. The maximum Gasteiger partial charge on any atom is 0.0327 e. The predicted octanol–water partition coefficient (Wildman–Crippen LogP) is 3.48. The van der Waals surface area contributed by atoms with Crippen molar-refractivity contribution in [2.45, 2.75) is 32.2 Å². The molecule has 2 nitrogen and oxygen atoms in total. The number of thiophene rings is 1. The van der Waals surface area contributed by atoms with Crippen LogP contribution >= 0.6 is 27.3 Å². The highest BCUT2D eigenvalue weighted by atomic mass is 79.9. The van der Waals surface area contributed by atoms with E-state index >= 15 is 0 Å². The zero-order valence-corrected chi connectivity index (χ0v) is 12.7. The first-order chi connectivity index (χ1) is 8.36. The van der Waals surface area contributed by atoms with E-state index in [0.29, 0.717) is 0 Å². The molecule has 0 radical (unpaired) electrons. The summed E-state index contributed by atoms with van der Waals surface area (Å²) in [6.07, 6.45) is 5.62. The molecule has 1 aromatic heterocycles. The summed E-state index contributed by atoms with van der Waals surface area (Å²) in [6, 6.07) is 2.12. The molecule has 1 N–H and O–H groups in total. The lowest BCUT2D eigenvalue weighted by Gasteiger charge is -2.19. The second kappa shape index (κ2) is 7.52. The van der Waals surface area contributed by atoms with Gasteiger partial charge in [-0.15, -0.1) is 11.3 Å². The van der Waals surface area contributed by atoms with Crippen molar-refractivity contribution < 1.29 is 0 Å². The number of halogens is 1. The van der Waals surface area contributed by atoms with Crippen LogP contribution in [0.3, 0.4) is 0 Å². The topological polar surface area (TPSA) is 15.3 Å². The molecule has 0 aromatic carbocycles. The van der Waals surface area contributed by atoms with Crippen molar-refractivity contribution >= 4 is 27.3 Å². The summed E-state index contributed by atoms with van der Waals surface area (Å²) >= 11 is 5.38. The van der Waals surface area contributed by atoms with E-state index in [-0.39, 0.29) is 0 Å². The van der Waals surface area contributed by atoms with E-state index in [0.717, 1.165) is 13.1 Å². The Morgan fingerprint density at radius 2 is 2.00 bits per heavy atom. The van der Waals surface area contributed by atoms with E-state index in [4.69, 9.17) is 0 Å². The predicted molar refractivity (Wildman–Crippen MR) is 78.6 cm³/mol. The van der Waals surface area contributed by atoms with Gasteiger partial charge in [0, 0.05) is 29.0 Å². The number of hydrogen-bond donors (Lipinski definition) is 1. The highest BCUT2D eigenvalue weighted by Gasteiger charge is 2.08. The van der Waals surface area contributed by atoms with Crippen LogP contribution in [0.5, 0.6) is 0 Å². The standard InChI is InChI=1S/C13H21BrN2S/c14-12-5-10-17-13(12)11-15-6-9-16-7-3-1-2-4-8-16/h5,10,15H,1-4,6-9,11H2. The van der Waals surface area contributed by atoms with E-state index in [9.17, 15) is 0 Å². The normalized spacial score (nSPS) is 18.2. The first kappa shape index (κ1) is 13.5. The lowest BCUT2D eigenvalue weighted by Crippen LogP contribution is -2.32. The molecule has 2 rings (SSSR count). The van der Waals surface area contributed by atoms with Gasteiger partial charge < -0.3 is 10.2 Å². The highest BCUT2D eigenvalue weighted by Crippen LogP contribution is 2.21. The van der Waals surface area contributed by atoms with Gasteiger partial charge in [-0.2, -0.15) is 0 Å². The molecule has 96 valence electrons. The summed E-state index contributed by atoms with van der Waals surface area (Å²) in [6.45, 7) is 5.88. The third-order valence-corrected chi connectivity index (χ3v) is 5.21. The Labute approximate surface area is 117 Å². The van der Waals surface area contributed by atoms with Crippen molar-refractivity contribution in [3.63, 3.8) is 0 Å². The van der Waals surface area contributed by atoms with Crippen LogP contribution in [0.1, 0.15) is 30.6 Å². The molecular formula is C13H21BrN2S. The van der Waals surface area contributed by atoms with Crippen LogP contribution in [0, 0.1) is 0 Å². The van der Waals surface area contributed by atoms with Crippen LogP contribution < -0.4 is 5.32 Å². The Bertz CT molecular complexity index is 319. The first-order valence-corrected chi connectivity index (χ1v) is 8.18. The van der Waals surface area contributed by atoms with Crippen LogP contribution in [-0.4, -0.2) is 31.1 Å². The third-order valence-electron chi connectivity index (χ3n) is 3.28. The summed E-state index contributed by atoms with van der Waals surface area (Å²) in [5, 5.41) is 5.67. The van der Waals surface area contributed by atoms with E-state index in [1.807, 2.05) is 11.3 Å². The van der Waals surface area contributed by atoms with Gasteiger partial charge in [0.1, 0.15) is 0 Å². The van der Waals surface area contributed by atoms with Crippen LogP contribution in [0.4, 0.5) is 0 Å². The van der Waals surface area contributed by atoms with Gasteiger partial charge in [-0.05, 0) is 53.3 Å². The lowest BCUT2D eigenvalue weighted by molar-refractivity contribution is 0.284. The monoisotopic (exact) mass is 316 g/mol. The van der Waals surface area contributed by atoms with Gasteiger partial charge >= 0.3 is 0 Å². The lowest BCUT2D eigenvalue weighted by atomic mass is 10.2. The van der Waals surface area contributed by atoms with Crippen molar-refractivity contribution in [2.24, 2.45) is 0 Å². The zero-order chi connectivity index (χ0) is 11.9.